The summed E-state index contributed by atoms with van der Waals surface area (Å²) in [6.45, 7) is 0. The zero-order chi connectivity index (χ0) is 20.2. The number of hydrogen-bond donors (Lipinski definition) is 2. The smallest absolute Gasteiger partial charge is 0.303 e. The van der Waals surface area contributed by atoms with Gasteiger partial charge in [-0.15, -0.1) is 0 Å². The molecule has 5 heteroatoms. The minimum absolute atomic E-state index is 0.142. The third-order valence-corrected chi connectivity index (χ3v) is 4.79. The predicted molar refractivity (Wildman–Crippen MR) is 108 cm³/mol. The standard InChI is InChI=1S/C22H38O5/c23-19-20(16-12-8-6-10-14-18-22(26)27)15-11-7-4-2-1-3-5-9-13-17-21(24)25/h4,7,19-20H,1-3,5-6,8-18H2,(H,24,25)(H,26,27). The lowest BCUT2D eigenvalue weighted by Gasteiger charge is -2.08. The van der Waals surface area contributed by atoms with Gasteiger partial charge < -0.3 is 15.0 Å². The van der Waals surface area contributed by atoms with Crippen LogP contribution in [0, 0.1) is 5.92 Å². The van der Waals surface area contributed by atoms with E-state index in [4.69, 9.17) is 10.2 Å². The van der Waals surface area contributed by atoms with Gasteiger partial charge in [-0.2, -0.15) is 0 Å². The number of carboxylic acids is 2. The first kappa shape index (κ1) is 25.4. The van der Waals surface area contributed by atoms with Gasteiger partial charge in [-0.1, -0.05) is 57.1 Å². The van der Waals surface area contributed by atoms with Gasteiger partial charge in [-0.05, 0) is 44.9 Å². The highest BCUT2D eigenvalue weighted by Crippen LogP contribution is 2.16. The molecule has 2 N–H and O–H groups in total. The summed E-state index contributed by atoms with van der Waals surface area (Å²) in [6, 6.07) is 0. The molecule has 0 aliphatic heterocycles. The zero-order valence-electron chi connectivity index (χ0n) is 16.7. The Kier molecular flexibility index (Phi) is 18.0. The third-order valence-electron chi connectivity index (χ3n) is 4.79. The molecule has 0 spiro atoms. The van der Waals surface area contributed by atoms with Gasteiger partial charge in [0.2, 0.25) is 0 Å². The number of aldehydes is 1. The van der Waals surface area contributed by atoms with E-state index in [1.165, 1.54) is 0 Å². The molecule has 0 heterocycles. The molecule has 0 fully saturated rings. The highest BCUT2D eigenvalue weighted by molar-refractivity contribution is 5.66. The molecule has 1 atom stereocenters. The summed E-state index contributed by atoms with van der Waals surface area (Å²) in [7, 11) is 0. The van der Waals surface area contributed by atoms with Gasteiger partial charge in [0.1, 0.15) is 6.29 Å². The van der Waals surface area contributed by atoms with Gasteiger partial charge >= 0.3 is 11.9 Å². The van der Waals surface area contributed by atoms with E-state index < -0.39 is 11.9 Å². The van der Waals surface area contributed by atoms with Crippen molar-refractivity contribution in [2.75, 3.05) is 0 Å². The Hall–Kier alpha value is -1.65. The second-order valence-corrected chi connectivity index (χ2v) is 7.35. The molecule has 0 aromatic carbocycles. The van der Waals surface area contributed by atoms with Gasteiger partial charge in [-0.3, -0.25) is 9.59 Å². The minimum atomic E-state index is -0.722. The average Bonchev–Trinajstić information content (AvgIpc) is 2.63. The predicted octanol–water partition coefficient (Wildman–Crippen LogP) is 5.77. The number of hydrogen-bond acceptors (Lipinski definition) is 3. The maximum atomic E-state index is 11.2. The topological polar surface area (TPSA) is 91.7 Å². The highest BCUT2D eigenvalue weighted by atomic mass is 16.4. The zero-order valence-corrected chi connectivity index (χ0v) is 16.7. The van der Waals surface area contributed by atoms with E-state index in [1.54, 1.807) is 0 Å². The first-order valence-electron chi connectivity index (χ1n) is 10.6. The monoisotopic (exact) mass is 382 g/mol. The fourth-order valence-corrected chi connectivity index (χ4v) is 3.11. The largest absolute Gasteiger partial charge is 0.481 e. The molecular formula is C22H38O5. The molecule has 0 aliphatic rings. The van der Waals surface area contributed by atoms with E-state index in [1.807, 2.05) is 0 Å². The summed E-state index contributed by atoms with van der Waals surface area (Å²) in [6.07, 6.45) is 19.9. The Bertz CT molecular complexity index is 417. The fraction of sp³-hybridized carbons (Fsp3) is 0.773. The van der Waals surface area contributed by atoms with Gasteiger partial charge in [0.15, 0.2) is 0 Å². The summed E-state index contributed by atoms with van der Waals surface area (Å²) in [5.41, 5.74) is 0. The van der Waals surface area contributed by atoms with Crippen molar-refractivity contribution >= 4 is 18.2 Å². The van der Waals surface area contributed by atoms with Gasteiger partial charge in [0.25, 0.3) is 0 Å². The normalized spacial score (nSPS) is 12.3. The molecule has 0 aliphatic carbocycles. The van der Waals surface area contributed by atoms with Crippen LogP contribution in [0.15, 0.2) is 12.2 Å². The average molecular weight is 383 g/mol. The number of aliphatic carboxylic acids is 2. The quantitative estimate of drug-likeness (QED) is 0.158. The summed E-state index contributed by atoms with van der Waals surface area (Å²) in [5.74, 6) is -1.29. The van der Waals surface area contributed by atoms with Crippen molar-refractivity contribution in [3.63, 3.8) is 0 Å². The Morgan fingerprint density at radius 3 is 1.67 bits per heavy atom. The lowest BCUT2D eigenvalue weighted by Crippen LogP contribution is -2.01. The minimum Gasteiger partial charge on any atom is -0.481 e. The molecule has 27 heavy (non-hydrogen) atoms. The lowest BCUT2D eigenvalue weighted by atomic mass is 9.97. The number of carbonyl (C=O) groups is 3. The van der Waals surface area contributed by atoms with Crippen molar-refractivity contribution in [2.45, 2.75) is 103 Å². The summed E-state index contributed by atoms with van der Waals surface area (Å²) < 4.78 is 0. The summed E-state index contributed by atoms with van der Waals surface area (Å²) >= 11 is 0. The van der Waals surface area contributed by atoms with Crippen LogP contribution in [0.3, 0.4) is 0 Å². The van der Waals surface area contributed by atoms with Crippen LogP contribution in [0.25, 0.3) is 0 Å². The summed E-state index contributed by atoms with van der Waals surface area (Å²) in [4.78, 5) is 32.0. The first-order valence-corrected chi connectivity index (χ1v) is 10.6. The van der Waals surface area contributed by atoms with Crippen LogP contribution in [-0.4, -0.2) is 28.4 Å². The highest BCUT2D eigenvalue weighted by Gasteiger charge is 2.06. The van der Waals surface area contributed by atoms with Crippen LogP contribution >= 0.6 is 0 Å². The number of carboxylic acid groups (broad SMARTS) is 2. The summed E-state index contributed by atoms with van der Waals surface area (Å²) in [5, 5.41) is 17.1. The number of allylic oxidation sites excluding steroid dienone is 2. The maximum absolute atomic E-state index is 11.2. The molecule has 156 valence electrons. The van der Waals surface area contributed by atoms with Crippen LogP contribution in [0.4, 0.5) is 0 Å². The number of carbonyl (C=O) groups excluding carboxylic acids is 1. The Morgan fingerprint density at radius 1 is 0.630 bits per heavy atom. The Balaban J connectivity index is 3.45. The van der Waals surface area contributed by atoms with E-state index >= 15 is 0 Å². The molecule has 0 aromatic heterocycles. The molecule has 0 radical (unpaired) electrons. The maximum Gasteiger partial charge on any atom is 0.303 e. The molecule has 0 saturated carbocycles. The first-order chi connectivity index (χ1) is 13.1. The van der Waals surface area contributed by atoms with E-state index in [0.29, 0.717) is 0 Å². The lowest BCUT2D eigenvalue weighted by molar-refractivity contribution is -0.138. The van der Waals surface area contributed by atoms with Crippen LogP contribution in [0.2, 0.25) is 0 Å². The fourth-order valence-electron chi connectivity index (χ4n) is 3.11. The second kappa shape index (κ2) is 19.1. The van der Waals surface area contributed by atoms with Crippen LogP contribution in [0.1, 0.15) is 103 Å². The van der Waals surface area contributed by atoms with Crippen LogP contribution < -0.4 is 0 Å². The van der Waals surface area contributed by atoms with E-state index in [-0.39, 0.29) is 18.8 Å². The van der Waals surface area contributed by atoms with Crippen molar-refractivity contribution in [3.05, 3.63) is 12.2 Å². The molecule has 0 rings (SSSR count). The molecule has 0 aromatic rings. The molecule has 0 amide bonds. The molecule has 1 unspecified atom stereocenters. The van der Waals surface area contributed by atoms with Crippen molar-refractivity contribution in [1.82, 2.24) is 0 Å². The SMILES string of the molecule is O=CC(CCC=CCCCCCCCC(=O)O)CCCCCCCC(=O)O. The number of unbranched alkanes of at least 4 members (excludes halogenated alkanes) is 9. The second-order valence-electron chi connectivity index (χ2n) is 7.35. The molecular weight excluding hydrogens is 344 g/mol. The van der Waals surface area contributed by atoms with E-state index in [9.17, 15) is 14.4 Å². The third kappa shape index (κ3) is 20.5. The van der Waals surface area contributed by atoms with Crippen molar-refractivity contribution in [1.29, 1.82) is 0 Å². The molecule has 0 bridgehead atoms. The molecule has 0 saturated heterocycles. The molecule has 5 nitrogen and oxygen atoms in total. The van der Waals surface area contributed by atoms with Gasteiger partial charge in [-0.25, -0.2) is 0 Å². The van der Waals surface area contributed by atoms with Crippen LogP contribution in [0.5, 0.6) is 0 Å². The van der Waals surface area contributed by atoms with Crippen molar-refractivity contribution in [2.24, 2.45) is 5.92 Å². The van der Waals surface area contributed by atoms with Crippen LogP contribution in [-0.2, 0) is 14.4 Å². The van der Waals surface area contributed by atoms with E-state index in [0.717, 1.165) is 96.2 Å². The van der Waals surface area contributed by atoms with E-state index in [2.05, 4.69) is 12.2 Å². The number of rotatable bonds is 20. The van der Waals surface area contributed by atoms with Gasteiger partial charge in [0.05, 0.1) is 0 Å². The van der Waals surface area contributed by atoms with Crippen molar-refractivity contribution in [3.8, 4) is 0 Å². The van der Waals surface area contributed by atoms with Crippen molar-refractivity contribution < 1.29 is 24.6 Å². The van der Waals surface area contributed by atoms with Gasteiger partial charge in [0, 0.05) is 18.8 Å². The Labute approximate surface area is 164 Å². The Morgan fingerprint density at radius 2 is 1.11 bits per heavy atom.